The van der Waals surface area contributed by atoms with Crippen molar-refractivity contribution in [2.24, 2.45) is 0 Å². The quantitative estimate of drug-likeness (QED) is 0.313. The number of hydrogen-bond acceptors (Lipinski definition) is 2. The Kier molecular flexibility index (Phi) is 10.4. The van der Waals surface area contributed by atoms with Gasteiger partial charge in [-0.05, 0) is 6.42 Å². The van der Waals surface area contributed by atoms with E-state index in [0.29, 0.717) is 0 Å². The summed E-state index contributed by atoms with van der Waals surface area (Å²) >= 11 is 0. The molecule has 0 atom stereocenters. The predicted molar refractivity (Wildman–Crippen MR) is 52.2 cm³/mol. The van der Waals surface area contributed by atoms with Gasteiger partial charge in [-0.1, -0.05) is 31.9 Å². The van der Waals surface area contributed by atoms with Gasteiger partial charge in [-0.15, -0.1) is 0 Å². The molecule has 0 aliphatic carbocycles. The number of rotatable bonds is 5. The molecular formula is C7H15NaO3S. The molecule has 5 heteroatoms. The van der Waals surface area contributed by atoms with Crippen molar-refractivity contribution in [2.45, 2.75) is 26.2 Å². The third-order valence-electron chi connectivity index (χ3n) is 1.20. The van der Waals surface area contributed by atoms with E-state index in [9.17, 15) is 8.42 Å². The molecule has 0 saturated carbocycles. The van der Waals surface area contributed by atoms with Gasteiger partial charge in [0.25, 0.3) is 10.1 Å². The monoisotopic (exact) mass is 202 g/mol. The van der Waals surface area contributed by atoms with Crippen LogP contribution in [-0.4, -0.2) is 48.3 Å². The summed E-state index contributed by atoms with van der Waals surface area (Å²) in [7, 11) is -3.80. The molecule has 0 amide bonds. The molecule has 0 aliphatic heterocycles. The zero-order chi connectivity index (χ0) is 8.74. The molecule has 0 saturated heterocycles. The van der Waals surface area contributed by atoms with Crippen LogP contribution in [0.5, 0.6) is 0 Å². The summed E-state index contributed by atoms with van der Waals surface area (Å²) < 4.78 is 28.6. The van der Waals surface area contributed by atoms with Crippen LogP contribution in [-0.2, 0) is 10.1 Å². The van der Waals surface area contributed by atoms with Crippen LogP contribution in [0.1, 0.15) is 26.2 Å². The molecule has 0 heterocycles. The molecule has 3 nitrogen and oxygen atoms in total. The first-order valence-electron chi connectivity index (χ1n) is 3.66. The van der Waals surface area contributed by atoms with Crippen LogP contribution in [0.4, 0.5) is 0 Å². The zero-order valence-electron chi connectivity index (χ0n) is 6.66. The van der Waals surface area contributed by atoms with Crippen molar-refractivity contribution in [3.63, 3.8) is 0 Å². The van der Waals surface area contributed by atoms with E-state index in [1.54, 1.807) is 6.08 Å². The molecule has 0 fully saturated rings. The molecule has 0 radical (unpaired) electrons. The van der Waals surface area contributed by atoms with Crippen LogP contribution in [0.15, 0.2) is 12.2 Å². The van der Waals surface area contributed by atoms with Gasteiger partial charge in [0.2, 0.25) is 0 Å². The van der Waals surface area contributed by atoms with E-state index in [4.69, 9.17) is 4.55 Å². The molecular weight excluding hydrogens is 187 g/mol. The summed E-state index contributed by atoms with van der Waals surface area (Å²) in [5, 5.41) is 0. The molecule has 0 aromatic carbocycles. The van der Waals surface area contributed by atoms with Gasteiger partial charge in [0, 0.05) is 0 Å². The van der Waals surface area contributed by atoms with Crippen molar-refractivity contribution in [1.82, 2.24) is 0 Å². The Labute approximate surface area is 96.3 Å². The van der Waals surface area contributed by atoms with Crippen LogP contribution in [0.25, 0.3) is 0 Å². The van der Waals surface area contributed by atoms with Gasteiger partial charge in [0.15, 0.2) is 0 Å². The molecule has 0 aromatic rings. The Morgan fingerprint density at radius 1 is 1.33 bits per heavy atom. The third kappa shape index (κ3) is 13.3. The van der Waals surface area contributed by atoms with E-state index in [2.05, 4.69) is 6.92 Å². The third-order valence-corrected chi connectivity index (χ3v) is 1.81. The standard InChI is InChI=1S/C7H14O3S.Na.H/c1-2-3-4-5-6-7-11(8,9)10;;/h5-6H,2-4,7H2,1H3,(H,8,9,10);;. The van der Waals surface area contributed by atoms with Gasteiger partial charge >= 0.3 is 29.6 Å². The van der Waals surface area contributed by atoms with Gasteiger partial charge in [-0.3, -0.25) is 4.55 Å². The molecule has 0 rings (SSSR count). The van der Waals surface area contributed by atoms with Gasteiger partial charge in [-0.25, -0.2) is 0 Å². The minimum atomic E-state index is -3.80. The first kappa shape index (κ1) is 15.1. The Balaban J connectivity index is 0. The second-order valence-electron chi connectivity index (χ2n) is 2.36. The number of allylic oxidation sites excluding steroid dienone is 1. The Morgan fingerprint density at radius 2 is 1.92 bits per heavy atom. The average Bonchev–Trinajstić information content (AvgIpc) is 1.85. The van der Waals surface area contributed by atoms with E-state index < -0.39 is 10.1 Å². The van der Waals surface area contributed by atoms with Crippen molar-refractivity contribution in [3.8, 4) is 0 Å². The van der Waals surface area contributed by atoms with E-state index in [0.717, 1.165) is 19.3 Å². The van der Waals surface area contributed by atoms with Gasteiger partial charge in [0.1, 0.15) is 0 Å². The summed E-state index contributed by atoms with van der Waals surface area (Å²) in [6, 6.07) is 0. The molecule has 1 N–H and O–H groups in total. The first-order valence-corrected chi connectivity index (χ1v) is 5.27. The molecule has 12 heavy (non-hydrogen) atoms. The van der Waals surface area contributed by atoms with Crippen molar-refractivity contribution in [2.75, 3.05) is 5.75 Å². The van der Waals surface area contributed by atoms with E-state index >= 15 is 0 Å². The summed E-state index contributed by atoms with van der Waals surface area (Å²) in [4.78, 5) is 0. The molecule has 0 unspecified atom stereocenters. The van der Waals surface area contributed by atoms with Crippen LogP contribution in [0.3, 0.4) is 0 Å². The first-order chi connectivity index (χ1) is 5.06. The summed E-state index contributed by atoms with van der Waals surface area (Å²) in [5.41, 5.74) is 0. The van der Waals surface area contributed by atoms with Crippen molar-refractivity contribution in [1.29, 1.82) is 0 Å². The second kappa shape index (κ2) is 8.26. The average molecular weight is 202 g/mol. The normalized spacial score (nSPS) is 11.5. The van der Waals surface area contributed by atoms with E-state index in [-0.39, 0.29) is 35.3 Å². The molecule has 0 bridgehead atoms. The predicted octanol–water partition coefficient (Wildman–Crippen LogP) is 0.972. The fourth-order valence-corrected chi connectivity index (χ4v) is 1.01. The van der Waals surface area contributed by atoms with Crippen LogP contribution in [0, 0.1) is 0 Å². The fourth-order valence-electron chi connectivity index (χ4n) is 0.629. The van der Waals surface area contributed by atoms with Gasteiger partial charge in [-0.2, -0.15) is 8.42 Å². The van der Waals surface area contributed by atoms with Gasteiger partial charge in [0.05, 0.1) is 5.75 Å². The second-order valence-corrected chi connectivity index (χ2v) is 3.86. The summed E-state index contributed by atoms with van der Waals surface area (Å²) in [6.45, 7) is 2.07. The number of unbranched alkanes of at least 4 members (excludes halogenated alkanes) is 2. The van der Waals surface area contributed by atoms with Crippen molar-refractivity contribution >= 4 is 39.7 Å². The zero-order valence-corrected chi connectivity index (χ0v) is 7.47. The molecule has 0 aliphatic rings. The number of hydrogen-bond donors (Lipinski definition) is 1. The maximum absolute atomic E-state index is 10.2. The Hall–Kier alpha value is 0.650. The molecule has 0 spiro atoms. The minimum absolute atomic E-state index is 0. The van der Waals surface area contributed by atoms with E-state index in [1.165, 1.54) is 6.08 Å². The molecule has 0 aromatic heterocycles. The fraction of sp³-hybridized carbons (Fsp3) is 0.714. The van der Waals surface area contributed by atoms with Crippen LogP contribution in [0.2, 0.25) is 0 Å². The molecule has 68 valence electrons. The Morgan fingerprint density at radius 3 is 2.33 bits per heavy atom. The summed E-state index contributed by atoms with van der Waals surface area (Å²) in [5.74, 6) is -0.267. The van der Waals surface area contributed by atoms with E-state index in [1.807, 2.05) is 0 Å². The SMILES string of the molecule is CCCCC=CCS(=O)(=O)O.[NaH]. The van der Waals surface area contributed by atoms with Gasteiger partial charge < -0.3 is 0 Å². The maximum atomic E-state index is 10.2. The Bertz CT molecular complexity index is 209. The van der Waals surface area contributed by atoms with Crippen molar-refractivity contribution in [3.05, 3.63) is 12.2 Å². The van der Waals surface area contributed by atoms with Crippen LogP contribution >= 0.6 is 0 Å². The summed E-state index contributed by atoms with van der Waals surface area (Å²) in [6.07, 6.45) is 6.28. The van der Waals surface area contributed by atoms with Crippen molar-refractivity contribution < 1.29 is 13.0 Å². The topological polar surface area (TPSA) is 54.4 Å². The van der Waals surface area contributed by atoms with Crippen LogP contribution < -0.4 is 0 Å².